The van der Waals surface area contributed by atoms with Crippen molar-refractivity contribution in [1.29, 1.82) is 0 Å². The van der Waals surface area contributed by atoms with Gasteiger partial charge in [-0.25, -0.2) is 4.79 Å². The summed E-state index contributed by atoms with van der Waals surface area (Å²) < 4.78 is 4.93. The van der Waals surface area contributed by atoms with Gasteiger partial charge in [0.15, 0.2) is 0 Å². The van der Waals surface area contributed by atoms with Crippen LogP contribution >= 0.6 is 0 Å². The van der Waals surface area contributed by atoms with Crippen molar-refractivity contribution in [2.45, 2.75) is 0 Å². The van der Waals surface area contributed by atoms with Gasteiger partial charge in [-0.15, -0.1) is 0 Å². The first kappa shape index (κ1) is 7.72. The second kappa shape index (κ2) is 2.85. The Morgan fingerprint density at radius 1 is 1.46 bits per heavy atom. The molecule has 0 aromatic heterocycles. The van der Waals surface area contributed by atoms with Gasteiger partial charge >= 0.3 is 6.09 Å². The van der Waals surface area contributed by atoms with Gasteiger partial charge in [0.05, 0.1) is 12.2 Å². The van der Waals surface area contributed by atoms with Crippen LogP contribution in [0.3, 0.4) is 0 Å². The van der Waals surface area contributed by atoms with E-state index in [0.717, 1.165) is 5.70 Å². The zero-order chi connectivity index (χ0) is 9.26. The van der Waals surface area contributed by atoms with Gasteiger partial charge in [0, 0.05) is 18.6 Å². The standard InChI is InChI=1S/C8H8N2O3/c11-8(12)10-2-1-9-3-4-13-6-7(9)5-10/h1-4,6H,5H2,(H,11,12). The van der Waals surface area contributed by atoms with Crippen molar-refractivity contribution in [1.82, 2.24) is 9.80 Å². The van der Waals surface area contributed by atoms with Crippen LogP contribution in [0.2, 0.25) is 0 Å². The van der Waals surface area contributed by atoms with Gasteiger partial charge in [-0.1, -0.05) is 0 Å². The number of ether oxygens (including phenoxy) is 1. The van der Waals surface area contributed by atoms with E-state index in [2.05, 4.69) is 0 Å². The van der Waals surface area contributed by atoms with Crippen LogP contribution in [0.15, 0.2) is 36.8 Å². The van der Waals surface area contributed by atoms with Gasteiger partial charge in [-0.2, -0.15) is 0 Å². The van der Waals surface area contributed by atoms with Gasteiger partial charge in [0.25, 0.3) is 0 Å². The zero-order valence-electron chi connectivity index (χ0n) is 6.75. The average molecular weight is 180 g/mol. The summed E-state index contributed by atoms with van der Waals surface area (Å²) in [7, 11) is 0. The molecule has 0 saturated heterocycles. The van der Waals surface area contributed by atoms with Gasteiger partial charge in [-0.3, -0.25) is 4.90 Å². The Bertz CT molecular complexity index is 319. The van der Waals surface area contributed by atoms with E-state index in [1.165, 1.54) is 23.6 Å². The lowest BCUT2D eigenvalue weighted by Gasteiger charge is -2.29. The Kier molecular flexibility index (Phi) is 1.70. The predicted octanol–water partition coefficient (Wildman–Crippen LogP) is 1.10. The summed E-state index contributed by atoms with van der Waals surface area (Å²) >= 11 is 0. The first-order chi connectivity index (χ1) is 6.27. The van der Waals surface area contributed by atoms with Crippen LogP contribution in [0.5, 0.6) is 0 Å². The second-order valence-electron chi connectivity index (χ2n) is 2.65. The van der Waals surface area contributed by atoms with E-state index in [9.17, 15) is 4.79 Å². The largest absolute Gasteiger partial charge is 0.469 e. The van der Waals surface area contributed by atoms with Crippen LogP contribution in [0, 0.1) is 0 Å². The Morgan fingerprint density at radius 3 is 3.08 bits per heavy atom. The van der Waals surface area contributed by atoms with E-state index < -0.39 is 6.09 Å². The van der Waals surface area contributed by atoms with Crippen LogP contribution in [-0.4, -0.2) is 27.5 Å². The Morgan fingerprint density at radius 2 is 2.31 bits per heavy atom. The highest BCUT2D eigenvalue weighted by atomic mass is 16.5. The summed E-state index contributed by atoms with van der Waals surface area (Å²) in [5.74, 6) is 0. The van der Waals surface area contributed by atoms with Crippen LogP contribution in [0.4, 0.5) is 4.79 Å². The molecule has 0 bridgehead atoms. The minimum Gasteiger partial charge on any atom is -0.469 e. The number of carboxylic acid groups (broad SMARTS) is 1. The maximum absolute atomic E-state index is 10.6. The summed E-state index contributed by atoms with van der Waals surface area (Å²) in [5.41, 5.74) is 0.799. The predicted molar refractivity (Wildman–Crippen MR) is 44.0 cm³/mol. The van der Waals surface area contributed by atoms with Gasteiger partial charge in [0.1, 0.15) is 12.5 Å². The molecule has 0 aromatic carbocycles. The number of amides is 1. The third-order valence-electron chi connectivity index (χ3n) is 1.82. The number of hydrogen-bond acceptors (Lipinski definition) is 3. The molecule has 1 N–H and O–H groups in total. The summed E-state index contributed by atoms with van der Waals surface area (Å²) in [6.45, 7) is 0.316. The van der Waals surface area contributed by atoms with Crippen molar-refractivity contribution in [3.05, 3.63) is 36.8 Å². The fourth-order valence-electron chi connectivity index (χ4n) is 1.15. The number of nitrogens with zero attached hydrogens (tertiary/aromatic N) is 2. The van der Waals surface area contributed by atoms with Crippen molar-refractivity contribution < 1.29 is 14.6 Å². The zero-order valence-corrected chi connectivity index (χ0v) is 6.75. The van der Waals surface area contributed by atoms with Crippen molar-refractivity contribution in [2.24, 2.45) is 0 Å². The molecule has 2 aliphatic heterocycles. The van der Waals surface area contributed by atoms with Crippen LogP contribution < -0.4 is 0 Å². The molecular formula is C8H8N2O3. The van der Waals surface area contributed by atoms with Crippen LogP contribution in [0.25, 0.3) is 0 Å². The number of fused-ring (bicyclic) bond motifs is 1. The van der Waals surface area contributed by atoms with Crippen LogP contribution in [0.1, 0.15) is 0 Å². The van der Waals surface area contributed by atoms with Gasteiger partial charge in [-0.05, 0) is 0 Å². The minimum absolute atomic E-state index is 0.316. The van der Waals surface area contributed by atoms with E-state index in [0.29, 0.717) is 6.54 Å². The fourth-order valence-corrected chi connectivity index (χ4v) is 1.15. The fraction of sp³-hybridized carbons (Fsp3) is 0.125. The molecule has 0 atom stereocenters. The van der Waals surface area contributed by atoms with Crippen molar-refractivity contribution in [3.8, 4) is 0 Å². The van der Waals surface area contributed by atoms with Crippen molar-refractivity contribution in [3.63, 3.8) is 0 Å². The lowest BCUT2D eigenvalue weighted by molar-refractivity contribution is 0.160. The lowest BCUT2D eigenvalue weighted by atomic mass is 10.3. The molecule has 5 heteroatoms. The molecule has 0 saturated carbocycles. The van der Waals surface area contributed by atoms with E-state index in [4.69, 9.17) is 9.84 Å². The highest BCUT2D eigenvalue weighted by Gasteiger charge is 2.19. The van der Waals surface area contributed by atoms with Crippen molar-refractivity contribution in [2.75, 3.05) is 6.54 Å². The molecule has 2 heterocycles. The van der Waals surface area contributed by atoms with Gasteiger partial charge < -0.3 is 14.7 Å². The molecule has 0 radical (unpaired) electrons. The molecule has 0 unspecified atom stereocenters. The molecule has 5 nitrogen and oxygen atoms in total. The smallest absolute Gasteiger partial charge is 0.411 e. The molecule has 2 aliphatic rings. The minimum atomic E-state index is -0.966. The highest BCUT2D eigenvalue weighted by Crippen LogP contribution is 2.17. The maximum Gasteiger partial charge on any atom is 0.411 e. The third-order valence-corrected chi connectivity index (χ3v) is 1.82. The number of rotatable bonds is 0. The SMILES string of the molecule is O=C(O)N1C=CN2C=COC=C2C1. The summed E-state index contributed by atoms with van der Waals surface area (Å²) in [6, 6.07) is 0. The van der Waals surface area contributed by atoms with E-state index in [1.54, 1.807) is 12.4 Å². The molecule has 1 amide bonds. The monoisotopic (exact) mass is 180 g/mol. The lowest BCUT2D eigenvalue weighted by Crippen LogP contribution is -2.34. The highest BCUT2D eigenvalue weighted by molar-refractivity contribution is 5.67. The molecule has 0 aliphatic carbocycles. The Hall–Kier alpha value is -1.91. The summed E-state index contributed by atoms with van der Waals surface area (Å²) in [4.78, 5) is 13.6. The molecule has 13 heavy (non-hydrogen) atoms. The average Bonchev–Trinajstić information content (AvgIpc) is 2.17. The second-order valence-corrected chi connectivity index (χ2v) is 2.65. The molecule has 68 valence electrons. The Labute approximate surface area is 74.8 Å². The quantitative estimate of drug-likeness (QED) is 0.606. The van der Waals surface area contributed by atoms with Gasteiger partial charge in [0.2, 0.25) is 0 Å². The van der Waals surface area contributed by atoms with E-state index in [-0.39, 0.29) is 0 Å². The molecular weight excluding hydrogens is 172 g/mol. The molecule has 2 rings (SSSR count). The number of carbonyl (C=O) groups is 1. The third kappa shape index (κ3) is 1.35. The first-order valence-corrected chi connectivity index (χ1v) is 3.75. The Balaban J connectivity index is 2.20. The van der Waals surface area contributed by atoms with Crippen LogP contribution in [-0.2, 0) is 4.74 Å². The summed E-state index contributed by atoms with van der Waals surface area (Å²) in [6.07, 6.45) is 7.00. The topological polar surface area (TPSA) is 53.0 Å². The maximum atomic E-state index is 10.6. The molecule has 0 aromatic rings. The van der Waals surface area contributed by atoms with E-state index >= 15 is 0 Å². The summed E-state index contributed by atoms with van der Waals surface area (Å²) in [5, 5.41) is 8.70. The molecule has 0 fully saturated rings. The first-order valence-electron chi connectivity index (χ1n) is 3.75. The molecule has 0 spiro atoms. The number of hydrogen-bond donors (Lipinski definition) is 1. The normalized spacial score (nSPS) is 19.2. The van der Waals surface area contributed by atoms with E-state index in [1.807, 2.05) is 4.90 Å². The van der Waals surface area contributed by atoms with Crippen molar-refractivity contribution >= 4 is 6.09 Å².